The maximum absolute atomic E-state index is 11.7. The number of carbonyl (C=O) groups excluding carboxylic acids is 1. The maximum Gasteiger partial charge on any atom is 0.218 e. The molecule has 0 saturated heterocycles. The van der Waals surface area contributed by atoms with Gasteiger partial charge in [-0.15, -0.1) is 0 Å². The Balaban J connectivity index is 2.49. The van der Waals surface area contributed by atoms with Gasteiger partial charge in [0, 0.05) is 23.5 Å². The van der Waals surface area contributed by atoms with Gasteiger partial charge >= 0.3 is 0 Å². The van der Waals surface area contributed by atoms with Crippen molar-refractivity contribution in [2.45, 2.75) is 25.8 Å². The van der Waals surface area contributed by atoms with Gasteiger partial charge in [-0.1, -0.05) is 35.0 Å². The third kappa shape index (κ3) is 7.06. The number of rotatable bonds is 9. The number of carbonyl (C=O) groups is 1. The summed E-state index contributed by atoms with van der Waals surface area (Å²) in [4.78, 5) is 10.6. The van der Waals surface area contributed by atoms with Gasteiger partial charge in [-0.3, -0.25) is 4.79 Å². The minimum absolute atomic E-state index is 0.00725. The lowest BCUT2D eigenvalue weighted by Gasteiger charge is -2.17. The van der Waals surface area contributed by atoms with Crippen LogP contribution in [0.1, 0.15) is 31.4 Å². The van der Waals surface area contributed by atoms with Crippen molar-refractivity contribution < 1.29 is 13.2 Å². The Labute approximate surface area is 134 Å². The van der Waals surface area contributed by atoms with Crippen molar-refractivity contribution in [3.63, 3.8) is 0 Å². The van der Waals surface area contributed by atoms with E-state index in [1.165, 1.54) is 0 Å². The van der Waals surface area contributed by atoms with E-state index in [0.29, 0.717) is 6.54 Å². The largest absolute Gasteiger partial charge is 0.370 e. The number of halogens is 1. The molecule has 0 bridgehead atoms. The third-order valence-corrected chi connectivity index (χ3v) is 5.32. The van der Waals surface area contributed by atoms with Crippen LogP contribution < -0.4 is 11.1 Å². The van der Waals surface area contributed by atoms with Crippen molar-refractivity contribution in [2.24, 2.45) is 5.73 Å². The lowest BCUT2D eigenvalue weighted by molar-refractivity contribution is -0.117. The quantitative estimate of drug-likeness (QED) is 0.687. The topological polar surface area (TPSA) is 89.3 Å². The summed E-state index contributed by atoms with van der Waals surface area (Å²) in [7, 11) is -3.24. The van der Waals surface area contributed by atoms with E-state index < -0.39 is 15.7 Å². The standard InChI is InChI=1S/C14H21BrN2O3S/c1-2-13(11-3-5-12(15)6-4-11)17-8-10-21(19,20)9-7-14(16)18/h3-6,13,17H,2,7-10H2,1H3,(H2,16,18)/t13-/m0/s1. The summed E-state index contributed by atoms with van der Waals surface area (Å²) in [6, 6.07) is 8.05. The van der Waals surface area contributed by atoms with Crippen LogP contribution in [-0.2, 0) is 14.6 Å². The highest BCUT2D eigenvalue weighted by Crippen LogP contribution is 2.19. The van der Waals surface area contributed by atoms with Gasteiger partial charge in [0.25, 0.3) is 0 Å². The number of primary amides is 1. The summed E-state index contributed by atoms with van der Waals surface area (Å²) in [5, 5.41) is 3.24. The van der Waals surface area contributed by atoms with Crippen molar-refractivity contribution in [1.82, 2.24) is 5.32 Å². The second-order valence-corrected chi connectivity index (χ2v) is 8.05. The molecule has 21 heavy (non-hydrogen) atoms. The van der Waals surface area contributed by atoms with Crippen LogP contribution in [-0.4, -0.2) is 32.4 Å². The number of hydrogen-bond donors (Lipinski definition) is 2. The Morgan fingerprint density at radius 3 is 2.43 bits per heavy atom. The van der Waals surface area contributed by atoms with Crippen LogP contribution in [0.4, 0.5) is 0 Å². The second-order valence-electron chi connectivity index (χ2n) is 4.83. The summed E-state index contributed by atoms with van der Waals surface area (Å²) in [5.74, 6) is -0.764. The monoisotopic (exact) mass is 376 g/mol. The van der Waals surface area contributed by atoms with E-state index in [4.69, 9.17) is 5.73 Å². The fourth-order valence-electron chi connectivity index (χ4n) is 1.94. The Morgan fingerprint density at radius 2 is 1.90 bits per heavy atom. The molecule has 0 spiro atoms. The Kier molecular flexibility index (Phi) is 7.34. The Hall–Kier alpha value is -0.920. The molecule has 3 N–H and O–H groups in total. The average molecular weight is 377 g/mol. The van der Waals surface area contributed by atoms with Crippen LogP contribution in [0.5, 0.6) is 0 Å². The highest BCUT2D eigenvalue weighted by atomic mass is 79.9. The van der Waals surface area contributed by atoms with E-state index in [1.807, 2.05) is 31.2 Å². The van der Waals surface area contributed by atoms with E-state index in [1.54, 1.807) is 0 Å². The normalized spacial score (nSPS) is 13.0. The van der Waals surface area contributed by atoms with Gasteiger partial charge in [-0.2, -0.15) is 0 Å². The van der Waals surface area contributed by atoms with Crippen molar-refractivity contribution in [3.8, 4) is 0 Å². The third-order valence-electron chi connectivity index (χ3n) is 3.14. The number of amides is 1. The molecule has 1 atom stereocenters. The first kappa shape index (κ1) is 18.1. The molecular weight excluding hydrogens is 356 g/mol. The van der Waals surface area contributed by atoms with Gasteiger partial charge in [0.1, 0.15) is 0 Å². The van der Waals surface area contributed by atoms with Gasteiger partial charge in [0.15, 0.2) is 9.84 Å². The fraction of sp³-hybridized carbons (Fsp3) is 0.500. The van der Waals surface area contributed by atoms with Crippen molar-refractivity contribution >= 4 is 31.7 Å². The fourth-order valence-corrected chi connectivity index (χ4v) is 3.35. The molecule has 1 amide bonds. The number of sulfone groups is 1. The zero-order valence-electron chi connectivity index (χ0n) is 12.0. The van der Waals surface area contributed by atoms with E-state index >= 15 is 0 Å². The van der Waals surface area contributed by atoms with Crippen molar-refractivity contribution in [1.29, 1.82) is 0 Å². The first-order valence-electron chi connectivity index (χ1n) is 6.81. The predicted molar refractivity (Wildman–Crippen MR) is 87.6 cm³/mol. The van der Waals surface area contributed by atoms with Gasteiger partial charge in [-0.05, 0) is 24.1 Å². The van der Waals surface area contributed by atoms with Gasteiger partial charge < -0.3 is 11.1 Å². The van der Waals surface area contributed by atoms with Crippen molar-refractivity contribution in [3.05, 3.63) is 34.3 Å². The molecule has 0 fully saturated rings. The van der Waals surface area contributed by atoms with Crippen LogP contribution in [0.15, 0.2) is 28.7 Å². The van der Waals surface area contributed by atoms with Crippen LogP contribution in [0.25, 0.3) is 0 Å². The molecule has 7 heteroatoms. The summed E-state index contributed by atoms with van der Waals surface area (Å²) in [6.07, 6.45) is 0.745. The minimum Gasteiger partial charge on any atom is -0.370 e. The average Bonchev–Trinajstić information content (AvgIpc) is 2.43. The highest BCUT2D eigenvalue weighted by Gasteiger charge is 2.14. The van der Waals surface area contributed by atoms with Crippen LogP contribution in [0, 0.1) is 0 Å². The molecule has 0 aliphatic heterocycles. The number of nitrogens with one attached hydrogen (secondary N) is 1. The first-order chi connectivity index (χ1) is 9.84. The molecule has 1 aromatic rings. The van der Waals surface area contributed by atoms with Gasteiger partial charge in [-0.25, -0.2) is 8.42 Å². The Bertz CT molecular complexity index is 558. The summed E-state index contributed by atoms with van der Waals surface area (Å²) < 4.78 is 24.5. The molecule has 0 aliphatic carbocycles. The minimum atomic E-state index is -3.24. The summed E-state index contributed by atoms with van der Waals surface area (Å²) >= 11 is 3.39. The van der Waals surface area contributed by atoms with E-state index in [9.17, 15) is 13.2 Å². The highest BCUT2D eigenvalue weighted by molar-refractivity contribution is 9.10. The lowest BCUT2D eigenvalue weighted by atomic mass is 10.1. The molecule has 0 aliphatic rings. The molecule has 0 unspecified atom stereocenters. The molecule has 0 aromatic heterocycles. The lowest BCUT2D eigenvalue weighted by Crippen LogP contribution is -2.29. The molecule has 0 heterocycles. The molecule has 1 rings (SSSR count). The smallest absolute Gasteiger partial charge is 0.218 e. The predicted octanol–water partition coefficient (Wildman–Crippen LogP) is 1.78. The Morgan fingerprint density at radius 1 is 1.29 bits per heavy atom. The zero-order valence-corrected chi connectivity index (χ0v) is 14.4. The van der Waals surface area contributed by atoms with Gasteiger partial charge in [0.2, 0.25) is 5.91 Å². The molecule has 5 nitrogen and oxygen atoms in total. The van der Waals surface area contributed by atoms with E-state index in [2.05, 4.69) is 21.2 Å². The van der Waals surface area contributed by atoms with E-state index in [0.717, 1.165) is 16.5 Å². The second kappa shape index (κ2) is 8.51. The zero-order chi connectivity index (χ0) is 15.9. The maximum atomic E-state index is 11.7. The molecular formula is C14H21BrN2O3S. The SMILES string of the molecule is CC[C@H](NCCS(=O)(=O)CCC(N)=O)c1ccc(Br)cc1. The van der Waals surface area contributed by atoms with Gasteiger partial charge in [0.05, 0.1) is 11.5 Å². The van der Waals surface area contributed by atoms with Crippen LogP contribution in [0.3, 0.4) is 0 Å². The molecule has 1 aromatic carbocycles. The molecule has 118 valence electrons. The van der Waals surface area contributed by atoms with Crippen LogP contribution >= 0.6 is 15.9 Å². The molecule has 0 saturated carbocycles. The number of nitrogens with two attached hydrogens (primary N) is 1. The van der Waals surface area contributed by atoms with Crippen molar-refractivity contribution in [2.75, 3.05) is 18.1 Å². The first-order valence-corrected chi connectivity index (χ1v) is 9.43. The summed E-state index contributed by atoms with van der Waals surface area (Å²) in [5.41, 5.74) is 6.08. The summed E-state index contributed by atoms with van der Waals surface area (Å²) in [6.45, 7) is 2.40. The van der Waals surface area contributed by atoms with Crippen LogP contribution in [0.2, 0.25) is 0 Å². The van der Waals surface area contributed by atoms with E-state index in [-0.39, 0.29) is 24.0 Å². The number of benzene rings is 1. The number of hydrogen-bond acceptors (Lipinski definition) is 4. The molecule has 0 radical (unpaired) electrons.